The van der Waals surface area contributed by atoms with Crippen LogP contribution in [0.25, 0.3) is 0 Å². The van der Waals surface area contributed by atoms with Crippen LogP contribution in [0.4, 0.5) is 0 Å². The topological polar surface area (TPSA) is 50.2 Å². The lowest BCUT2D eigenvalue weighted by atomic mass is 9.90. The Morgan fingerprint density at radius 1 is 1.11 bits per heavy atom. The molecule has 2 aliphatic carbocycles. The molecule has 1 aromatic heterocycles. The Morgan fingerprint density at radius 2 is 1.85 bits per heavy atom. The predicted molar refractivity (Wildman–Crippen MR) is 112 cm³/mol. The molecule has 0 bridgehead atoms. The largest absolute Gasteiger partial charge is 0.336 e. The number of amides is 1. The van der Waals surface area contributed by atoms with Crippen molar-refractivity contribution in [2.75, 3.05) is 24.6 Å². The van der Waals surface area contributed by atoms with Gasteiger partial charge in [0.15, 0.2) is 5.69 Å². The zero-order chi connectivity index (χ0) is 18.6. The monoisotopic (exact) mass is 390 g/mol. The van der Waals surface area contributed by atoms with Gasteiger partial charge in [-0.1, -0.05) is 25.7 Å². The summed E-state index contributed by atoms with van der Waals surface area (Å²) in [4.78, 5) is 15.2. The number of carbonyl (C=O) groups excluding carboxylic acids is 1. The summed E-state index contributed by atoms with van der Waals surface area (Å²) in [5, 5.41) is 8.72. The molecule has 4 rings (SSSR count). The average Bonchev–Trinajstić information content (AvgIpc) is 2.87. The van der Waals surface area contributed by atoms with Crippen LogP contribution in [-0.2, 0) is 19.4 Å². The van der Waals surface area contributed by atoms with E-state index in [1.807, 2.05) is 16.7 Å². The minimum atomic E-state index is 0.161. The quantitative estimate of drug-likeness (QED) is 0.802. The summed E-state index contributed by atoms with van der Waals surface area (Å²) in [6.45, 7) is 4.71. The van der Waals surface area contributed by atoms with Gasteiger partial charge in [-0.3, -0.25) is 9.48 Å². The molecule has 0 radical (unpaired) electrons. The van der Waals surface area contributed by atoms with Crippen molar-refractivity contribution in [2.24, 2.45) is 0 Å². The van der Waals surface area contributed by atoms with Gasteiger partial charge in [0.1, 0.15) is 0 Å². The maximum Gasteiger partial charge on any atom is 0.274 e. The summed E-state index contributed by atoms with van der Waals surface area (Å²) >= 11 is 1.94. The minimum absolute atomic E-state index is 0.161. The SMILES string of the molecule is CCn1nc(C(=O)N2CCSCC2)c2c1CC[C@H](NC1CCCCCC1)C2. The average molecular weight is 391 g/mol. The summed E-state index contributed by atoms with van der Waals surface area (Å²) in [5.74, 6) is 2.26. The normalized spacial score (nSPS) is 24.5. The molecule has 1 saturated heterocycles. The van der Waals surface area contributed by atoms with E-state index in [0.29, 0.717) is 12.1 Å². The third kappa shape index (κ3) is 4.37. The first-order valence-corrected chi connectivity index (χ1v) is 12.1. The number of aryl methyl sites for hydroxylation is 1. The number of fused-ring (bicyclic) bond motifs is 1. The maximum atomic E-state index is 13.2. The van der Waals surface area contributed by atoms with Crippen LogP contribution in [0.2, 0.25) is 0 Å². The molecule has 5 nitrogen and oxygen atoms in total. The molecular weight excluding hydrogens is 356 g/mol. The van der Waals surface area contributed by atoms with Crippen LogP contribution >= 0.6 is 11.8 Å². The third-order valence-electron chi connectivity index (χ3n) is 6.47. The first-order valence-electron chi connectivity index (χ1n) is 11.0. The fourth-order valence-corrected chi connectivity index (χ4v) is 5.86. The van der Waals surface area contributed by atoms with Gasteiger partial charge in [0.2, 0.25) is 0 Å². The van der Waals surface area contributed by atoms with Gasteiger partial charge in [-0.05, 0) is 39.0 Å². The molecule has 0 spiro atoms. The van der Waals surface area contributed by atoms with Crippen molar-refractivity contribution in [1.29, 1.82) is 0 Å². The summed E-state index contributed by atoms with van der Waals surface area (Å²) in [7, 11) is 0. The molecular formula is C21H34N4OS. The highest BCUT2D eigenvalue weighted by atomic mass is 32.2. The molecule has 0 aromatic carbocycles. The lowest BCUT2D eigenvalue weighted by Crippen LogP contribution is -2.42. The third-order valence-corrected chi connectivity index (χ3v) is 7.42. The Morgan fingerprint density at radius 3 is 2.56 bits per heavy atom. The van der Waals surface area contributed by atoms with E-state index in [0.717, 1.165) is 49.7 Å². The highest BCUT2D eigenvalue weighted by Crippen LogP contribution is 2.28. The maximum absolute atomic E-state index is 13.2. The molecule has 1 aromatic rings. The van der Waals surface area contributed by atoms with E-state index in [2.05, 4.69) is 16.9 Å². The fraction of sp³-hybridized carbons (Fsp3) is 0.810. The molecule has 27 heavy (non-hydrogen) atoms. The van der Waals surface area contributed by atoms with Crippen LogP contribution in [0.15, 0.2) is 0 Å². The van der Waals surface area contributed by atoms with Crippen LogP contribution in [0.1, 0.15) is 73.6 Å². The first-order chi connectivity index (χ1) is 13.3. The van der Waals surface area contributed by atoms with E-state index in [9.17, 15) is 4.79 Å². The number of nitrogens with zero attached hydrogens (tertiary/aromatic N) is 3. The van der Waals surface area contributed by atoms with E-state index in [1.54, 1.807) is 0 Å². The van der Waals surface area contributed by atoms with Crippen molar-refractivity contribution in [3.05, 3.63) is 17.0 Å². The van der Waals surface area contributed by atoms with Crippen molar-refractivity contribution < 1.29 is 4.79 Å². The van der Waals surface area contributed by atoms with Crippen molar-refractivity contribution in [3.63, 3.8) is 0 Å². The lowest BCUT2D eigenvalue weighted by molar-refractivity contribution is 0.0764. The second-order valence-corrected chi connectivity index (χ2v) is 9.51. The van der Waals surface area contributed by atoms with Gasteiger partial charge in [0.05, 0.1) is 0 Å². The van der Waals surface area contributed by atoms with Gasteiger partial charge in [-0.25, -0.2) is 0 Å². The van der Waals surface area contributed by atoms with Gasteiger partial charge in [0, 0.05) is 54.5 Å². The van der Waals surface area contributed by atoms with Crippen molar-refractivity contribution in [3.8, 4) is 0 Å². The second kappa shape index (κ2) is 8.99. The van der Waals surface area contributed by atoms with E-state index in [-0.39, 0.29) is 5.91 Å². The van der Waals surface area contributed by atoms with Crippen LogP contribution in [0.3, 0.4) is 0 Å². The number of aromatic nitrogens is 2. The van der Waals surface area contributed by atoms with Crippen LogP contribution in [0, 0.1) is 0 Å². The second-order valence-electron chi connectivity index (χ2n) is 8.29. The van der Waals surface area contributed by atoms with Crippen molar-refractivity contribution in [2.45, 2.75) is 83.3 Å². The van der Waals surface area contributed by atoms with Gasteiger partial charge in [0.25, 0.3) is 5.91 Å². The molecule has 1 saturated carbocycles. The minimum Gasteiger partial charge on any atom is -0.336 e. The Balaban J connectivity index is 1.50. The van der Waals surface area contributed by atoms with E-state index in [1.165, 1.54) is 56.2 Å². The summed E-state index contributed by atoms with van der Waals surface area (Å²) in [6, 6.07) is 1.16. The summed E-state index contributed by atoms with van der Waals surface area (Å²) in [5.41, 5.74) is 3.29. The molecule has 1 aliphatic heterocycles. The molecule has 150 valence electrons. The number of thioether (sulfide) groups is 1. The zero-order valence-electron chi connectivity index (χ0n) is 16.7. The highest BCUT2D eigenvalue weighted by Gasteiger charge is 2.32. The fourth-order valence-electron chi connectivity index (χ4n) is 4.96. The predicted octanol–water partition coefficient (Wildman–Crippen LogP) is 3.26. The number of hydrogen-bond donors (Lipinski definition) is 1. The van der Waals surface area contributed by atoms with Crippen molar-refractivity contribution in [1.82, 2.24) is 20.0 Å². The van der Waals surface area contributed by atoms with E-state index >= 15 is 0 Å². The first kappa shape index (κ1) is 19.3. The van der Waals surface area contributed by atoms with Crippen LogP contribution < -0.4 is 5.32 Å². The van der Waals surface area contributed by atoms with Crippen LogP contribution in [-0.4, -0.2) is 57.3 Å². The number of carbonyl (C=O) groups is 1. The molecule has 0 unspecified atom stereocenters. The molecule has 1 amide bonds. The number of rotatable bonds is 4. The Labute approximate surface area is 167 Å². The zero-order valence-corrected chi connectivity index (χ0v) is 17.5. The molecule has 1 atom stereocenters. The van der Waals surface area contributed by atoms with Gasteiger partial charge in [-0.2, -0.15) is 16.9 Å². The lowest BCUT2D eigenvalue weighted by Gasteiger charge is -2.29. The highest BCUT2D eigenvalue weighted by molar-refractivity contribution is 7.99. The molecule has 3 aliphatic rings. The van der Waals surface area contributed by atoms with E-state index in [4.69, 9.17) is 5.10 Å². The van der Waals surface area contributed by atoms with Crippen LogP contribution in [0.5, 0.6) is 0 Å². The summed E-state index contributed by atoms with van der Waals surface area (Å²) < 4.78 is 2.09. The molecule has 2 fully saturated rings. The van der Waals surface area contributed by atoms with Gasteiger partial charge >= 0.3 is 0 Å². The van der Waals surface area contributed by atoms with Gasteiger partial charge < -0.3 is 10.2 Å². The standard InChI is InChI=1S/C21H34N4OS/c1-2-25-19-10-9-17(22-16-7-5-3-4-6-8-16)15-18(19)20(23-25)21(26)24-11-13-27-14-12-24/h16-17,22H,2-15H2,1H3/t17-/m0/s1. The molecule has 1 N–H and O–H groups in total. The molecule has 2 heterocycles. The Hall–Kier alpha value is -1.01. The van der Waals surface area contributed by atoms with Crippen molar-refractivity contribution >= 4 is 17.7 Å². The van der Waals surface area contributed by atoms with Gasteiger partial charge in [-0.15, -0.1) is 0 Å². The van der Waals surface area contributed by atoms with E-state index < -0.39 is 0 Å². The molecule has 6 heteroatoms. The smallest absolute Gasteiger partial charge is 0.274 e. The summed E-state index contributed by atoms with van der Waals surface area (Å²) in [6.07, 6.45) is 11.3. The number of hydrogen-bond acceptors (Lipinski definition) is 4. The number of nitrogens with one attached hydrogen (secondary N) is 1. The Bertz CT molecular complexity index is 645. The Kier molecular flexibility index (Phi) is 6.43.